The van der Waals surface area contributed by atoms with Gasteiger partial charge in [-0.25, -0.2) is 4.57 Å². The van der Waals surface area contributed by atoms with Crippen LogP contribution in [0.15, 0.2) is 18.7 Å². The minimum Gasteiger partial charge on any atom is -1.00 e. The average molecular weight is 177 g/mol. The van der Waals surface area contributed by atoms with E-state index in [-0.39, 0.29) is 18.8 Å². The Balaban J connectivity index is 0.000001000. The van der Waals surface area contributed by atoms with Gasteiger partial charge in [0.15, 0.2) is 0 Å². The first-order chi connectivity index (χ1) is 4.79. The summed E-state index contributed by atoms with van der Waals surface area (Å²) in [5, 5.41) is 8.29. The van der Waals surface area contributed by atoms with Gasteiger partial charge in [-0.2, -0.15) is 0 Å². The number of rotatable bonds is 3. The van der Waals surface area contributed by atoms with Crippen molar-refractivity contribution in [2.75, 3.05) is 0 Å². The third-order valence-corrected chi connectivity index (χ3v) is 1.19. The predicted octanol–water partition coefficient (Wildman–Crippen LogP) is -3.22. The monoisotopic (exact) mass is 176 g/mol. The highest BCUT2D eigenvalue weighted by molar-refractivity contribution is 5.66. The first-order valence-electron chi connectivity index (χ1n) is 3.02. The molecule has 0 aliphatic carbocycles. The van der Waals surface area contributed by atoms with Gasteiger partial charge in [0.2, 0.25) is 6.33 Å². The molecule has 0 bridgehead atoms. The molecule has 62 valence electrons. The first-order valence-corrected chi connectivity index (χ1v) is 3.02. The molecular formula is C6H9ClN2O2. The Morgan fingerprint density at radius 3 is 2.82 bits per heavy atom. The normalized spacial score (nSPS) is 8.73. The molecule has 0 saturated carbocycles. The molecule has 0 spiro atoms. The SMILES string of the molecule is O=C(O)CC[n+]1cc[nH]c1.[Cl-]. The molecule has 2 N–H and O–H groups in total. The number of nitrogens with zero attached hydrogens (tertiary/aromatic N) is 1. The summed E-state index contributed by atoms with van der Waals surface area (Å²) in [7, 11) is 0. The van der Waals surface area contributed by atoms with Gasteiger partial charge >= 0.3 is 5.97 Å². The van der Waals surface area contributed by atoms with Crippen LogP contribution in [0.2, 0.25) is 0 Å². The highest BCUT2D eigenvalue weighted by Crippen LogP contribution is 1.78. The number of aryl methyl sites for hydroxylation is 1. The van der Waals surface area contributed by atoms with Crippen molar-refractivity contribution in [3.05, 3.63) is 18.7 Å². The van der Waals surface area contributed by atoms with Crippen molar-refractivity contribution < 1.29 is 26.9 Å². The van der Waals surface area contributed by atoms with Gasteiger partial charge in [-0.1, -0.05) is 0 Å². The molecule has 0 unspecified atom stereocenters. The van der Waals surface area contributed by atoms with E-state index in [4.69, 9.17) is 5.11 Å². The second-order valence-corrected chi connectivity index (χ2v) is 1.99. The van der Waals surface area contributed by atoms with Crippen LogP contribution in [0.3, 0.4) is 0 Å². The summed E-state index contributed by atoms with van der Waals surface area (Å²) < 4.78 is 1.79. The van der Waals surface area contributed by atoms with Crippen LogP contribution in [0.1, 0.15) is 6.42 Å². The molecule has 0 saturated heterocycles. The van der Waals surface area contributed by atoms with Crippen LogP contribution in [0.25, 0.3) is 0 Å². The number of imidazole rings is 1. The lowest BCUT2D eigenvalue weighted by Gasteiger charge is -1.89. The fourth-order valence-electron chi connectivity index (χ4n) is 0.684. The lowest BCUT2D eigenvalue weighted by Crippen LogP contribution is -3.00. The Morgan fingerprint density at radius 1 is 1.64 bits per heavy atom. The molecule has 0 aromatic carbocycles. The minimum atomic E-state index is -0.770. The third kappa shape index (κ3) is 3.62. The smallest absolute Gasteiger partial charge is 0.307 e. The summed E-state index contributed by atoms with van der Waals surface area (Å²) >= 11 is 0. The van der Waals surface area contributed by atoms with Gasteiger partial charge in [0, 0.05) is 0 Å². The molecule has 0 atom stereocenters. The zero-order valence-electron chi connectivity index (χ0n) is 5.83. The van der Waals surface area contributed by atoms with Crippen LogP contribution < -0.4 is 17.0 Å². The standard InChI is InChI=1S/C6H8N2O2.ClH/c9-6(10)1-3-8-4-2-7-5-8;/h2,4-5H,1,3H2,(H,9,10);1H. The highest BCUT2D eigenvalue weighted by atomic mass is 35.5. The van der Waals surface area contributed by atoms with Gasteiger partial charge in [0.25, 0.3) is 0 Å². The van der Waals surface area contributed by atoms with Crippen molar-refractivity contribution >= 4 is 5.97 Å². The number of hydrogen-bond acceptors (Lipinski definition) is 1. The molecule has 11 heavy (non-hydrogen) atoms. The molecule has 1 aromatic rings. The predicted molar refractivity (Wildman–Crippen MR) is 33.2 cm³/mol. The van der Waals surface area contributed by atoms with E-state index in [2.05, 4.69) is 4.98 Å². The van der Waals surface area contributed by atoms with Gasteiger partial charge < -0.3 is 17.5 Å². The zero-order chi connectivity index (χ0) is 7.40. The van der Waals surface area contributed by atoms with E-state index in [9.17, 15) is 4.79 Å². The third-order valence-electron chi connectivity index (χ3n) is 1.19. The van der Waals surface area contributed by atoms with Crippen molar-refractivity contribution in [1.82, 2.24) is 4.98 Å². The Hall–Kier alpha value is -1.03. The summed E-state index contributed by atoms with van der Waals surface area (Å²) in [5.74, 6) is -0.770. The summed E-state index contributed by atoms with van der Waals surface area (Å²) in [4.78, 5) is 12.9. The molecule has 1 heterocycles. The van der Waals surface area contributed by atoms with E-state index in [0.717, 1.165) is 0 Å². The quantitative estimate of drug-likeness (QED) is 0.477. The molecule has 0 amide bonds. The number of aromatic nitrogens is 2. The number of nitrogens with one attached hydrogen (secondary N) is 1. The second-order valence-electron chi connectivity index (χ2n) is 1.99. The molecule has 4 nitrogen and oxygen atoms in total. The number of aliphatic carboxylic acids is 1. The van der Waals surface area contributed by atoms with E-state index in [1.165, 1.54) is 0 Å². The van der Waals surface area contributed by atoms with Crippen molar-refractivity contribution in [3.63, 3.8) is 0 Å². The highest BCUT2D eigenvalue weighted by Gasteiger charge is 2.00. The number of halogens is 1. The van der Waals surface area contributed by atoms with Crippen LogP contribution in [-0.4, -0.2) is 16.1 Å². The van der Waals surface area contributed by atoms with Gasteiger partial charge in [-0.3, -0.25) is 9.78 Å². The Morgan fingerprint density at radius 2 is 2.36 bits per heavy atom. The van der Waals surface area contributed by atoms with Gasteiger partial charge in [-0.05, 0) is 0 Å². The first kappa shape index (κ1) is 9.97. The summed E-state index contributed by atoms with van der Waals surface area (Å²) in [5.41, 5.74) is 0. The Bertz CT molecular complexity index is 210. The lowest BCUT2D eigenvalue weighted by molar-refractivity contribution is -0.694. The lowest BCUT2D eigenvalue weighted by atomic mass is 10.4. The van der Waals surface area contributed by atoms with E-state index < -0.39 is 5.97 Å². The largest absolute Gasteiger partial charge is 1.00 e. The van der Waals surface area contributed by atoms with E-state index >= 15 is 0 Å². The molecule has 0 aliphatic heterocycles. The summed E-state index contributed by atoms with van der Waals surface area (Å²) in [6.07, 6.45) is 5.44. The van der Waals surface area contributed by atoms with Crippen LogP contribution in [0.5, 0.6) is 0 Å². The van der Waals surface area contributed by atoms with Crippen LogP contribution in [0, 0.1) is 0 Å². The fraction of sp³-hybridized carbons (Fsp3) is 0.333. The maximum atomic E-state index is 10.1. The van der Waals surface area contributed by atoms with E-state index in [0.29, 0.717) is 6.54 Å². The van der Waals surface area contributed by atoms with Gasteiger partial charge in [-0.15, -0.1) is 0 Å². The van der Waals surface area contributed by atoms with E-state index in [1.807, 2.05) is 0 Å². The molecule has 0 aliphatic rings. The summed E-state index contributed by atoms with van der Waals surface area (Å²) in [6, 6.07) is 0. The minimum absolute atomic E-state index is 0. The van der Waals surface area contributed by atoms with Crippen LogP contribution in [0.4, 0.5) is 0 Å². The molecule has 1 aromatic heterocycles. The van der Waals surface area contributed by atoms with Gasteiger partial charge in [0.05, 0.1) is 6.42 Å². The number of aromatic amines is 1. The van der Waals surface area contributed by atoms with Crippen LogP contribution >= 0.6 is 0 Å². The fourth-order valence-corrected chi connectivity index (χ4v) is 0.684. The molecule has 0 fully saturated rings. The van der Waals surface area contributed by atoms with Crippen molar-refractivity contribution in [1.29, 1.82) is 0 Å². The van der Waals surface area contributed by atoms with Crippen molar-refractivity contribution in [2.24, 2.45) is 0 Å². The number of H-pyrrole nitrogens is 1. The number of carboxylic acid groups (broad SMARTS) is 1. The molecule has 0 radical (unpaired) electrons. The average Bonchev–Trinajstić information content (AvgIpc) is 2.34. The van der Waals surface area contributed by atoms with Crippen molar-refractivity contribution in [2.45, 2.75) is 13.0 Å². The number of carbonyl (C=O) groups is 1. The Labute approximate surface area is 70.3 Å². The van der Waals surface area contributed by atoms with Crippen LogP contribution in [-0.2, 0) is 11.3 Å². The molecular weight excluding hydrogens is 168 g/mol. The van der Waals surface area contributed by atoms with E-state index in [1.54, 1.807) is 23.3 Å². The molecule has 1 rings (SSSR count). The topological polar surface area (TPSA) is 57.0 Å². The maximum absolute atomic E-state index is 10.1. The second kappa shape index (κ2) is 4.73. The van der Waals surface area contributed by atoms with Gasteiger partial charge in [0.1, 0.15) is 18.9 Å². The summed E-state index contributed by atoms with van der Waals surface area (Å²) in [6.45, 7) is 0.527. The number of hydrogen-bond donors (Lipinski definition) is 2. The van der Waals surface area contributed by atoms with Crippen molar-refractivity contribution in [3.8, 4) is 0 Å². The maximum Gasteiger partial charge on any atom is 0.307 e. The Kier molecular flexibility index (Phi) is 4.29. The number of carboxylic acids is 1. The zero-order valence-corrected chi connectivity index (χ0v) is 6.58. The molecule has 5 heteroatoms.